The van der Waals surface area contributed by atoms with Crippen LogP contribution in [0.3, 0.4) is 0 Å². The third-order valence-corrected chi connectivity index (χ3v) is 6.60. The molecule has 2 saturated heterocycles. The monoisotopic (exact) mass is 450 g/mol. The van der Waals surface area contributed by atoms with Gasteiger partial charge >= 0.3 is 0 Å². The van der Waals surface area contributed by atoms with Crippen LogP contribution in [0.5, 0.6) is 5.75 Å². The zero-order valence-corrected chi connectivity index (χ0v) is 19.8. The molecule has 7 heteroatoms. The number of nitrogens with one attached hydrogen (secondary N) is 1. The van der Waals surface area contributed by atoms with Crippen LogP contribution in [-0.4, -0.2) is 62.6 Å². The summed E-state index contributed by atoms with van der Waals surface area (Å²) in [5, 5.41) is 3.05. The van der Waals surface area contributed by atoms with Crippen molar-refractivity contribution < 1.29 is 14.3 Å². The number of ether oxygens (including phenoxy) is 1. The lowest BCUT2D eigenvalue weighted by atomic mass is 10.1. The quantitative estimate of drug-likeness (QED) is 0.699. The maximum Gasteiger partial charge on any atom is 0.229 e. The minimum absolute atomic E-state index is 0.0550. The number of aryl methyl sites for hydroxylation is 1. The summed E-state index contributed by atoms with van der Waals surface area (Å²) < 4.78 is 5.68. The Kier molecular flexibility index (Phi) is 7.18. The van der Waals surface area contributed by atoms with E-state index in [4.69, 9.17) is 4.74 Å². The molecule has 0 radical (unpaired) electrons. The summed E-state index contributed by atoms with van der Waals surface area (Å²) >= 11 is 0. The van der Waals surface area contributed by atoms with E-state index in [1.54, 1.807) is 4.90 Å². The van der Waals surface area contributed by atoms with Crippen LogP contribution in [0.25, 0.3) is 0 Å². The second kappa shape index (κ2) is 10.3. The first-order valence-corrected chi connectivity index (χ1v) is 11.9. The summed E-state index contributed by atoms with van der Waals surface area (Å²) in [7, 11) is 0. The number of nitrogens with zero attached hydrogens (tertiary/aromatic N) is 3. The van der Waals surface area contributed by atoms with E-state index < -0.39 is 5.92 Å². The number of hydrogen-bond acceptors (Lipinski definition) is 5. The molecule has 7 nitrogen and oxygen atoms in total. The average molecular weight is 451 g/mol. The first-order valence-electron chi connectivity index (χ1n) is 11.9. The molecule has 2 aliphatic heterocycles. The van der Waals surface area contributed by atoms with Gasteiger partial charge in [-0.2, -0.15) is 0 Å². The van der Waals surface area contributed by atoms with E-state index in [2.05, 4.69) is 34.2 Å². The minimum Gasteiger partial charge on any atom is -0.492 e. The topological polar surface area (TPSA) is 65.1 Å². The van der Waals surface area contributed by atoms with Crippen LogP contribution >= 0.6 is 0 Å². The Labute approximate surface area is 196 Å². The van der Waals surface area contributed by atoms with Gasteiger partial charge in [0.2, 0.25) is 11.8 Å². The number of piperazine rings is 1. The molecule has 0 bridgehead atoms. The molecule has 0 unspecified atom stereocenters. The number of rotatable bonds is 7. The Morgan fingerprint density at radius 1 is 1.09 bits per heavy atom. The Balaban J connectivity index is 1.40. The molecule has 0 aliphatic carbocycles. The number of hydrogen-bond donors (Lipinski definition) is 1. The highest BCUT2D eigenvalue weighted by Crippen LogP contribution is 2.33. The summed E-state index contributed by atoms with van der Waals surface area (Å²) in [6, 6.07) is 13.7. The molecule has 2 aliphatic rings. The van der Waals surface area contributed by atoms with Crippen molar-refractivity contribution in [2.45, 2.75) is 27.2 Å². The van der Waals surface area contributed by atoms with Crippen LogP contribution in [0.2, 0.25) is 0 Å². The lowest BCUT2D eigenvalue weighted by Crippen LogP contribution is -2.46. The number of amides is 2. The zero-order valence-electron chi connectivity index (χ0n) is 19.8. The lowest BCUT2D eigenvalue weighted by Gasteiger charge is -2.35. The zero-order chi connectivity index (χ0) is 23.4. The Bertz CT molecular complexity index is 1000. The Morgan fingerprint density at radius 2 is 1.85 bits per heavy atom. The highest BCUT2D eigenvalue weighted by molar-refractivity contribution is 6.04. The average Bonchev–Trinajstić information content (AvgIpc) is 3.22. The molecule has 2 fully saturated rings. The standard InChI is InChI=1S/C26H34N4O3/c1-4-28-12-14-29(15-13-28)21-10-11-22(19(3)16-21)27-26(32)20-17-25(31)30(18-20)23-8-6-7-9-24(23)33-5-2/h6-11,16,20H,4-5,12-15,17-18H2,1-3H3,(H,27,32)/t20-/m0/s1. The highest BCUT2D eigenvalue weighted by Gasteiger charge is 2.36. The van der Waals surface area contributed by atoms with Crippen LogP contribution in [0.1, 0.15) is 25.8 Å². The van der Waals surface area contributed by atoms with Gasteiger partial charge in [-0.05, 0) is 56.3 Å². The first kappa shape index (κ1) is 23.1. The lowest BCUT2D eigenvalue weighted by molar-refractivity contribution is -0.122. The van der Waals surface area contributed by atoms with Gasteiger partial charge in [-0.15, -0.1) is 0 Å². The summed E-state index contributed by atoms with van der Waals surface area (Å²) in [5.41, 5.74) is 3.75. The van der Waals surface area contributed by atoms with Crippen molar-refractivity contribution in [2.24, 2.45) is 5.92 Å². The largest absolute Gasteiger partial charge is 0.492 e. The third-order valence-electron chi connectivity index (χ3n) is 6.60. The first-order chi connectivity index (χ1) is 16.0. The van der Waals surface area contributed by atoms with Crippen molar-refractivity contribution in [2.75, 3.05) is 61.0 Å². The number of likely N-dealkylation sites (N-methyl/N-ethyl adjacent to an activating group) is 1. The van der Waals surface area contributed by atoms with Crippen molar-refractivity contribution in [1.82, 2.24) is 4.90 Å². The molecule has 2 aromatic carbocycles. The highest BCUT2D eigenvalue weighted by atomic mass is 16.5. The molecular formula is C26H34N4O3. The van der Waals surface area contributed by atoms with E-state index in [1.807, 2.05) is 44.2 Å². The van der Waals surface area contributed by atoms with Crippen LogP contribution in [0.4, 0.5) is 17.1 Å². The van der Waals surface area contributed by atoms with Gasteiger partial charge in [-0.1, -0.05) is 19.1 Å². The van der Waals surface area contributed by atoms with Crippen molar-refractivity contribution in [3.05, 3.63) is 48.0 Å². The van der Waals surface area contributed by atoms with Gasteiger partial charge in [-0.25, -0.2) is 0 Å². The second-order valence-electron chi connectivity index (χ2n) is 8.72. The van der Waals surface area contributed by atoms with Gasteiger partial charge in [-0.3, -0.25) is 9.59 Å². The number of anilines is 3. The van der Waals surface area contributed by atoms with Gasteiger partial charge in [0.25, 0.3) is 0 Å². The summed E-state index contributed by atoms with van der Waals surface area (Å²) in [5.74, 6) is 0.0988. The number of benzene rings is 2. The van der Waals surface area contributed by atoms with Crippen molar-refractivity contribution in [1.29, 1.82) is 0 Å². The predicted octanol–water partition coefficient (Wildman–Crippen LogP) is 3.53. The molecule has 0 saturated carbocycles. The molecule has 0 spiro atoms. The molecule has 2 aromatic rings. The van der Waals surface area contributed by atoms with Gasteiger partial charge < -0.3 is 24.8 Å². The predicted molar refractivity (Wildman–Crippen MR) is 132 cm³/mol. The minimum atomic E-state index is -0.395. The molecular weight excluding hydrogens is 416 g/mol. The molecule has 4 rings (SSSR count). The third kappa shape index (κ3) is 5.14. The van der Waals surface area contributed by atoms with Crippen molar-refractivity contribution in [3.8, 4) is 5.75 Å². The molecule has 2 amide bonds. The molecule has 33 heavy (non-hydrogen) atoms. The van der Waals surface area contributed by atoms with E-state index in [1.165, 1.54) is 5.69 Å². The van der Waals surface area contributed by atoms with E-state index in [-0.39, 0.29) is 18.2 Å². The maximum absolute atomic E-state index is 13.0. The second-order valence-corrected chi connectivity index (χ2v) is 8.72. The SMILES string of the molecule is CCOc1ccccc1N1C[C@@H](C(=O)Nc2ccc(N3CCN(CC)CC3)cc2C)CC1=O. The number of carbonyl (C=O) groups is 2. The molecule has 1 N–H and O–H groups in total. The van der Waals surface area contributed by atoms with Gasteiger partial charge in [0.15, 0.2) is 0 Å². The molecule has 1 atom stereocenters. The van der Waals surface area contributed by atoms with E-state index >= 15 is 0 Å². The number of para-hydroxylation sites is 2. The normalized spacial score (nSPS) is 19.1. The van der Waals surface area contributed by atoms with E-state index in [0.717, 1.165) is 49.7 Å². The Morgan fingerprint density at radius 3 is 2.55 bits per heavy atom. The summed E-state index contributed by atoms with van der Waals surface area (Å²) in [4.78, 5) is 32.3. The van der Waals surface area contributed by atoms with Gasteiger partial charge in [0.1, 0.15) is 5.75 Å². The Hall–Kier alpha value is -3.06. The van der Waals surface area contributed by atoms with E-state index in [0.29, 0.717) is 18.9 Å². The van der Waals surface area contributed by atoms with Crippen molar-refractivity contribution in [3.63, 3.8) is 0 Å². The van der Waals surface area contributed by atoms with Crippen molar-refractivity contribution >= 4 is 28.9 Å². The van der Waals surface area contributed by atoms with Gasteiger partial charge in [0.05, 0.1) is 18.2 Å². The fraction of sp³-hybridized carbons (Fsp3) is 0.462. The fourth-order valence-corrected chi connectivity index (χ4v) is 4.62. The van der Waals surface area contributed by atoms with Crippen LogP contribution in [0, 0.1) is 12.8 Å². The maximum atomic E-state index is 13.0. The smallest absolute Gasteiger partial charge is 0.229 e. The van der Waals surface area contributed by atoms with Crippen LogP contribution in [-0.2, 0) is 9.59 Å². The molecule has 176 valence electrons. The number of carbonyl (C=O) groups excluding carboxylic acids is 2. The molecule has 0 aromatic heterocycles. The molecule has 2 heterocycles. The van der Waals surface area contributed by atoms with Gasteiger partial charge in [0, 0.05) is 50.5 Å². The summed E-state index contributed by atoms with van der Waals surface area (Å²) in [6.45, 7) is 12.3. The van der Waals surface area contributed by atoms with Crippen LogP contribution in [0.15, 0.2) is 42.5 Å². The summed E-state index contributed by atoms with van der Waals surface area (Å²) in [6.07, 6.45) is 0.200. The van der Waals surface area contributed by atoms with Crippen LogP contribution < -0.4 is 19.9 Å². The van der Waals surface area contributed by atoms with E-state index in [9.17, 15) is 9.59 Å². The fourth-order valence-electron chi connectivity index (χ4n) is 4.62.